The minimum Gasteiger partial charge on any atom is -0.489 e. The first-order valence-electron chi connectivity index (χ1n) is 8.35. The van der Waals surface area contributed by atoms with E-state index in [4.69, 9.17) is 9.84 Å². The molecule has 1 atom stereocenters. The van der Waals surface area contributed by atoms with Gasteiger partial charge in [0.2, 0.25) is 0 Å². The van der Waals surface area contributed by atoms with Gasteiger partial charge in [-0.2, -0.15) is 17.4 Å². The Hall–Kier alpha value is -2.49. The van der Waals surface area contributed by atoms with Crippen molar-refractivity contribution in [2.45, 2.75) is 26.0 Å². The van der Waals surface area contributed by atoms with Gasteiger partial charge in [0.15, 0.2) is 0 Å². The lowest BCUT2D eigenvalue weighted by Crippen LogP contribution is -2.40. The van der Waals surface area contributed by atoms with Gasteiger partial charge in [-0.05, 0) is 30.7 Å². The van der Waals surface area contributed by atoms with Crippen LogP contribution < -0.4 is 9.46 Å². The number of hydrogen-bond donors (Lipinski definition) is 2. The summed E-state index contributed by atoms with van der Waals surface area (Å²) in [5.74, 6) is -0.386. The first-order valence-corrected chi connectivity index (χ1v) is 9.79. The molecule has 0 spiro atoms. The van der Waals surface area contributed by atoms with Gasteiger partial charge >= 0.3 is 5.97 Å². The van der Waals surface area contributed by atoms with Crippen molar-refractivity contribution in [2.75, 3.05) is 13.6 Å². The van der Waals surface area contributed by atoms with E-state index in [1.165, 1.54) is 7.05 Å². The van der Waals surface area contributed by atoms with Gasteiger partial charge in [0.1, 0.15) is 12.4 Å². The van der Waals surface area contributed by atoms with Crippen LogP contribution >= 0.6 is 0 Å². The van der Waals surface area contributed by atoms with Crippen molar-refractivity contribution in [3.05, 3.63) is 59.9 Å². The van der Waals surface area contributed by atoms with Crippen LogP contribution in [0.4, 0.5) is 0 Å². The molecule has 1 unspecified atom stereocenters. The minimum absolute atomic E-state index is 0.0987. The van der Waals surface area contributed by atoms with Crippen LogP contribution in [-0.2, 0) is 21.6 Å². The van der Waals surface area contributed by atoms with Crippen LogP contribution in [0.2, 0.25) is 0 Å². The Morgan fingerprint density at radius 1 is 1.30 bits per heavy atom. The zero-order valence-corrected chi connectivity index (χ0v) is 16.0. The van der Waals surface area contributed by atoms with Gasteiger partial charge in [0.05, 0.1) is 6.42 Å². The molecule has 1 heterocycles. The molecule has 0 fully saturated rings. The maximum Gasteiger partial charge on any atom is 0.304 e. The number of nitrogens with zero attached hydrogens (tertiary/aromatic N) is 2. The fourth-order valence-electron chi connectivity index (χ4n) is 2.26. The van der Waals surface area contributed by atoms with Crippen molar-refractivity contribution in [1.82, 2.24) is 14.0 Å². The van der Waals surface area contributed by atoms with E-state index in [0.717, 1.165) is 15.4 Å². The van der Waals surface area contributed by atoms with Crippen LogP contribution in [0, 0.1) is 0 Å². The minimum atomic E-state index is -3.78. The van der Waals surface area contributed by atoms with Crippen LogP contribution in [0.15, 0.2) is 48.8 Å². The normalized spacial score (nSPS) is 12.7. The summed E-state index contributed by atoms with van der Waals surface area (Å²) in [5.41, 5.74) is 1.71. The molecular weight excluding hydrogens is 370 g/mol. The maximum atomic E-state index is 12.2. The number of aromatic nitrogens is 1. The van der Waals surface area contributed by atoms with Crippen LogP contribution in [0.5, 0.6) is 5.75 Å². The van der Waals surface area contributed by atoms with E-state index in [9.17, 15) is 13.2 Å². The average Bonchev–Trinajstić information content (AvgIpc) is 2.65. The summed E-state index contributed by atoms with van der Waals surface area (Å²) in [7, 11) is -2.44. The number of nitrogens with one attached hydrogen (secondary N) is 1. The van der Waals surface area contributed by atoms with E-state index in [0.29, 0.717) is 12.4 Å². The molecule has 0 amide bonds. The Labute approximate surface area is 159 Å². The molecule has 27 heavy (non-hydrogen) atoms. The van der Waals surface area contributed by atoms with E-state index in [1.807, 2.05) is 12.1 Å². The van der Waals surface area contributed by atoms with Gasteiger partial charge in [0, 0.05) is 37.6 Å². The summed E-state index contributed by atoms with van der Waals surface area (Å²) in [5, 5.41) is 8.67. The van der Waals surface area contributed by atoms with Crippen molar-refractivity contribution in [3.8, 4) is 5.75 Å². The molecule has 1 aromatic heterocycles. The highest BCUT2D eigenvalue weighted by molar-refractivity contribution is 7.87. The molecule has 0 aliphatic carbocycles. The maximum absolute atomic E-state index is 12.2. The highest BCUT2D eigenvalue weighted by Crippen LogP contribution is 2.19. The number of hydrogen-bond acceptors (Lipinski definition) is 5. The molecule has 2 rings (SSSR count). The van der Waals surface area contributed by atoms with E-state index in [1.54, 1.807) is 43.6 Å². The molecule has 9 heteroatoms. The summed E-state index contributed by atoms with van der Waals surface area (Å²) in [6, 6.07) is 10.4. The van der Waals surface area contributed by atoms with Gasteiger partial charge in [-0.1, -0.05) is 18.2 Å². The number of ether oxygens (including phenoxy) is 1. The summed E-state index contributed by atoms with van der Waals surface area (Å²) in [6.07, 6.45) is 3.17. The van der Waals surface area contributed by atoms with Crippen molar-refractivity contribution >= 4 is 16.2 Å². The van der Waals surface area contributed by atoms with E-state index < -0.39 is 22.2 Å². The largest absolute Gasteiger partial charge is 0.489 e. The molecule has 0 bridgehead atoms. The van der Waals surface area contributed by atoms with Crippen molar-refractivity contribution in [2.24, 2.45) is 0 Å². The molecule has 0 radical (unpaired) electrons. The third-order valence-corrected chi connectivity index (χ3v) is 5.54. The van der Waals surface area contributed by atoms with Gasteiger partial charge in [-0.25, -0.2) is 0 Å². The standard InChI is InChI=1S/C18H23N3O5S/c1-14(20-27(24,25)21(2)11-9-18(22)23)16-5-7-17(8-6-16)26-13-15-4-3-10-19-12-15/h3-8,10,12,14,20H,9,11,13H2,1-2H3,(H,22,23). The molecule has 0 saturated heterocycles. The highest BCUT2D eigenvalue weighted by Gasteiger charge is 2.21. The van der Waals surface area contributed by atoms with Crippen molar-refractivity contribution in [3.63, 3.8) is 0 Å². The average molecular weight is 393 g/mol. The Morgan fingerprint density at radius 2 is 2.00 bits per heavy atom. The fraction of sp³-hybridized carbons (Fsp3) is 0.333. The first kappa shape index (κ1) is 20.8. The van der Waals surface area contributed by atoms with Crippen LogP contribution in [-0.4, -0.2) is 42.4 Å². The molecule has 1 aromatic carbocycles. The lowest BCUT2D eigenvalue weighted by atomic mass is 10.1. The molecule has 0 aliphatic rings. The molecule has 8 nitrogen and oxygen atoms in total. The highest BCUT2D eigenvalue weighted by atomic mass is 32.2. The van der Waals surface area contributed by atoms with Crippen LogP contribution in [0.25, 0.3) is 0 Å². The smallest absolute Gasteiger partial charge is 0.304 e. The summed E-state index contributed by atoms with van der Waals surface area (Å²) < 4.78 is 33.7. The summed E-state index contributed by atoms with van der Waals surface area (Å²) >= 11 is 0. The monoisotopic (exact) mass is 393 g/mol. The Balaban J connectivity index is 1.92. The number of carboxylic acids is 1. The zero-order valence-electron chi connectivity index (χ0n) is 15.2. The topological polar surface area (TPSA) is 109 Å². The second-order valence-corrected chi connectivity index (χ2v) is 7.84. The lowest BCUT2D eigenvalue weighted by molar-refractivity contribution is -0.137. The molecule has 146 valence electrons. The number of aliphatic carboxylic acids is 1. The predicted octanol–water partition coefficient (Wildman–Crippen LogP) is 1.96. The number of carbonyl (C=O) groups is 1. The van der Waals surface area contributed by atoms with Crippen LogP contribution in [0.1, 0.15) is 30.5 Å². The number of pyridine rings is 1. The number of carboxylic acid groups (broad SMARTS) is 1. The number of benzene rings is 1. The quantitative estimate of drug-likeness (QED) is 0.639. The van der Waals surface area contributed by atoms with Gasteiger partial charge in [-0.3, -0.25) is 9.78 Å². The van der Waals surface area contributed by atoms with Crippen LogP contribution in [0.3, 0.4) is 0 Å². The Bertz CT molecular complexity index is 841. The van der Waals surface area contributed by atoms with Gasteiger partial charge in [0.25, 0.3) is 10.2 Å². The SMILES string of the molecule is CC(NS(=O)(=O)N(C)CCC(=O)O)c1ccc(OCc2cccnc2)cc1. The second kappa shape index (κ2) is 9.45. The van der Waals surface area contributed by atoms with E-state index >= 15 is 0 Å². The third-order valence-electron chi connectivity index (χ3n) is 3.88. The number of rotatable bonds is 10. The molecule has 2 N–H and O–H groups in total. The summed E-state index contributed by atoms with van der Waals surface area (Å²) in [6.45, 7) is 2.01. The predicted molar refractivity (Wildman–Crippen MR) is 100 cm³/mol. The summed E-state index contributed by atoms with van der Waals surface area (Å²) in [4.78, 5) is 14.6. The van der Waals surface area contributed by atoms with Gasteiger partial charge < -0.3 is 9.84 Å². The first-order chi connectivity index (χ1) is 12.8. The molecule has 2 aromatic rings. The molecular formula is C18H23N3O5S. The van der Waals surface area contributed by atoms with Crippen molar-refractivity contribution < 1.29 is 23.1 Å². The third kappa shape index (κ3) is 6.63. The zero-order chi connectivity index (χ0) is 19.9. The fourth-order valence-corrected chi connectivity index (χ4v) is 3.35. The van der Waals surface area contributed by atoms with E-state index in [2.05, 4.69) is 9.71 Å². The van der Waals surface area contributed by atoms with Crippen molar-refractivity contribution in [1.29, 1.82) is 0 Å². The van der Waals surface area contributed by atoms with E-state index in [-0.39, 0.29) is 13.0 Å². The van der Waals surface area contributed by atoms with Gasteiger partial charge in [-0.15, -0.1) is 0 Å². The molecule has 0 aliphatic heterocycles. The molecule has 0 saturated carbocycles. The Kier molecular flexibility index (Phi) is 7.28. The second-order valence-electron chi connectivity index (χ2n) is 6.03. The lowest BCUT2D eigenvalue weighted by Gasteiger charge is -2.21. The Morgan fingerprint density at radius 3 is 2.59 bits per heavy atom.